The van der Waals surface area contributed by atoms with Gasteiger partial charge in [0.2, 0.25) is 0 Å². The van der Waals surface area contributed by atoms with Crippen molar-refractivity contribution >= 4 is 5.96 Å². The summed E-state index contributed by atoms with van der Waals surface area (Å²) in [5, 5.41) is 3.37. The normalized spacial score (nSPS) is 14.6. The van der Waals surface area contributed by atoms with Crippen LogP contribution in [0.1, 0.15) is 25.3 Å². The molecule has 1 N–H and O–H groups in total. The molecule has 6 nitrogen and oxygen atoms in total. The first-order chi connectivity index (χ1) is 12.7. The molecule has 0 fully saturated rings. The number of aliphatic imine (C=N–C) groups is 1. The number of methoxy groups -OCH3 is 2. The Morgan fingerprint density at radius 1 is 1.31 bits per heavy atom. The fourth-order valence-electron chi connectivity index (χ4n) is 2.88. The Balaban J connectivity index is 2.01. The predicted molar refractivity (Wildman–Crippen MR) is 105 cm³/mol. The van der Waals surface area contributed by atoms with Gasteiger partial charge in [-0.1, -0.05) is 11.6 Å². The van der Waals surface area contributed by atoms with Gasteiger partial charge in [-0.25, -0.2) is 0 Å². The van der Waals surface area contributed by atoms with Crippen LogP contribution in [-0.2, 0) is 11.3 Å². The molecule has 26 heavy (non-hydrogen) atoms. The summed E-state index contributed by atoms with van der Waals surface area (Å²) in [7, 11) is 5.38. The van der Waals surface area contributed by atoms with Crippen LogP contribution in [0, 0.1) is 0 Å². The third-order valence-corrected chi connectivity index (χ3v) is 4.35. The van der Waals surface area contributed by atoms with E-state index in [1.54, 1.807) is 14.2 Å². The van der Waals surface area contributed by atoms with Crippen molar-refractivity contribution in [1.29, 1.82) is 0 Å². The molecule has 1 aromatic rings. The summed E-state index contributed by atoms with van der Waals surface area (Å²) in [6, 6.07) is 5.89. The van der Waals surface area contributed by atoms with Gasteiger partial charge in [0.1, 0.15) is 11.5 Å². The average molecular weight is 361 g/mol. The second-order valence-corrected chi connectivity index (χ2v) is 6.21. The third-order valence-electron chi connectivity index (χ3n) is 4.35. The number of rotatable bonds is 8. The van der Waals surface area contributed by atoms with Gasteiger partial charge in [0.15, 0.2) is 5.96 Å². The second kappa shape index (κ2) is 10.7. The molecule has 0 bridgehead atoms. The summed E-state index contributed by atoms with van der Waals surface area (Å²) in [5.41, 5.74) is 2.53. The second-order valence-electron chi connectivity index (χ2n) is 6.21. The molecular weight excluding hydrogens is 330 g/mol. The molecule has 144 valence electrons. The molecule has 0 saturated carbocycles. The van der Waals surface area contributed by atoms with Gasteiger partial charge in [-0.15, -0.1) is 0 Å². The highest BCUT2D eigenvalue weighted by atomic mass is 16.5. The topological polar surface area (TPSA) is 55.3 Å². The Morgan fingerprint density at radius 2 is 2.15 bits per heavy atom. The van der Waals surface area contributed by atoms with E-state index >= 15 is 0 Å². The lowest BCUT2D eigenvalue weighted by molar-refractivity contribution is 0.153. The minimum Gasteiger partial charge on any atom is -0.497 e. The molecule has 0 radical (unpaired) electrons. The van der Waals surface area contributed by atoms with E-state index in [-0.39, 0.29) is 0 Å². The number of hydrogen-bond donors (Lipinski definition) is 1. The molecule has 2 rings (SSSR count). The molecule has 0 aromatic heterocycles. The monoisotopic (exact) mass is 361 g/mol. The van der Waals surface area contributed by atoms with Crippen LogP contribution in [0.25, 0.3) is 0 Å². The van der Waals surface area contributed by atoms with Crippen LogP contribution < -0.4 is 14.8 Å². The summed E-state index contributed by atoms with van der Waals surface area (Å²) < 4.78 is 16.1. The zero-order valence-corrected chi connectivity index (χ0v) is 16.4. The molecular formula is C20H31N3O3. The van der Waals surface area contributed by atoms with Crippen molar-refractivity contribution in [2.45, 2.75) is 26.3 Å². The van der Waals surface area contributed by atoms with E-state index in [0.717, 1.165) is 62.2 Å². The summed E-state index contributed by atoms with van der Waals surface area (Å²) in [6.45, 7) is 5.95. The van der Waals surface area contributed by atoms with E-state index in [9.17, 15) is 0 Å². The minimum absolute atomic E-state index is 0.704. The first kappa shape index (κ1) is 20.1. The fraction of sp³-hybridized carbons (Fsp3) is 0.550. The highest BCUT2D eigenvalue weighted by Gasteiger charge is 2.11. The number of nitrogens with one attached hydrogen (secondary N) is 1. The summed E-state index contributed by atoms with van der Waals surface area (Å²) in [6.07, 6.45) is 4.18. The van der Waals surface area contributed by atoms with Crippen LogP contribution in [0.15, 0.2) is 34.8 Å². The van der Waals surface area contributed by atoms with Gasteiger partial charge < -0.3 is 24.4 Å². The Bertz CT molecular complexity index is 629. The van der Waals surface area contributed by atoms with Crippen molar-refractivity contribution in [3.05, 3.63) is 35.4 Å². The van der Waals surface area contributed by atoms with E-state index in [4.69, 9.17) is 19.2 Å². The van der Waals surface area contributed by atoms with Gasteiger partial charge >= 0.3 is 0 Å². The Labute approximate surface area is 156 Å². The van der Waals surface area contributed by atoms with E-state index < -0.39 is 0 Å². The molecule has 0 saturated heterocycles. The van der Waals surface area contributed by atoms with Gasteiger partial charge in [0.25, 0.3) is 0 Å². The van der Waals surface area contributed by atoms with Crippen molar-refractivity contribution < 1.29 is 14.2 Å². The van der Waals surface area contributed by atoms with Crippen LogP contribution >= 0.6 is 0 Å². The van der Waals surface area contributed by atoms with E-state index in [2.05, 4.69) is 23.2 Å². The Kier molecular flexibility index (Phi) is 8.28. The molecule has 0 aliphatic carbocycles. The standard InChI is InChI=1S/C20H31N3O3/c1-5-21-20(22-11-8-16-9-12-26-13-10-16)23(2)15-17-6-7-18(24-3)14-19(17)25-4/h6-7,9,14H,5,8,10-13,15H2,1-4H3,(H,21,22). The van der Waals surface area contributed by atoms with Gasteiger partial charge in [0.05, 0.1) is 27.4 Å². The third kappa shape index (κ3) is 5.95. The lowest BCUT2D eigenvalue weighted by Gasteiger charge is -2.23. The van der Waals surface area contributed by atoms with E-state index in [1.165, 1.54) is 5.57 Å². The molecule has 1 aromatic carbocycles. The smallest absolute Gasteiger partial charge is 0.193 e. The van der Waals surface area contributed by atoms with Gasteiger partial charge in [-0.05, 0) is 31.9 Å². The molecule has 0 amide bonds. The zero-order chi connectivity index (χ0) is 18.8. The number of nitrogens with zero attached hydrogens (tertiary/aromatic N) is 2. The zero-order valence-electron chi connectivity index (χ0n) is 16.4. The van der Waals surface area contributed by atoms with Crippen LogP contribution in [0.3, 0.4) is 0 Å². The number of ether oxygens (including phenoxy) is 3. The maximum Gasteiger partial charge on any atom is 0.193 e. The van der Waals surface area contributed by atoms with Crippen molar-refractivity contribution in [2.75, 3.05) is 47.6 Å². The molecule has 1 heterocycles. The lowest BCUT2D eigenvalue weighted by atomic mass is 10.1. The number of benzene rings is 1. The van der Waals surface area contributed by atoms with Gasteiger partial charge in [-0.2, -0.15) is 0 Å². The van der Waals surface area contributed by atoms with Crippen LogP contribution in [0.4, 0.5) is 0 Å². The summed E-state index contributed by atoms with van der Waals surface area (Å²) in [5.74, 6) is 2.51. The maximum absolute atomic E-state index is 5.50. The van der Waals surface area contributed by atoms with E-state index in [1.807, 2.05) is 25.2 Å². The van der Waals surface area contributed by atoms with Gasteiger partial charge in [0, 0.05) is 38.3 Å². The Hall–Kier alpha value is -2.21. The SMILES string of the molecule is CCNC(=NCCC1=CCOCC1)N(C)Cc1ccc(OC)cc1OC. The number of hydrogen-bond acceptors (Lipinski definition) is 4. The van der Waals surface area contributed by atoms with Crippen LogP contribution in [-0.4, -0.2) is 58.4 Å². The largest absolute Gasteiger partial charge is 0.497 e. The molecule has 0 spiro atoms. The highest BCUT2D eigenvalue weighted by molar-refractivity contribution is 5.79. The molecule has 6 heteroatoms. The summed E-state index contributed by atoms with van der Waals surface area (Å²) >= 11 is 0. The van der Waals surface area contributed by atoms with Crippen molar-refractivity contribution in [3.8, 4) is 11.5 Å². The highest BCUT2D eigenvalue weighted by Crippen LogP contribution is 2.25. The first-order valence-corrected chi connectivity index (χ1v) is 9.14. The van der Waals surface area contributed by atoms with Gasteiger partial charge in [-0.3, -0.25) is 4.99 Å². The Morgan fingerprint density at radius 3 is 2.81 bits per heavy atom. The van der Waals surface area contributed by atoms with Crippen LogP contribution in [0.5, 0.6) is 11.5 Å². The molecule has 1 aliphatic rings. The minimum atomic E-state index is 0.704. The average Bonchev–Trinajstić information content (AvgIpc) is 2.68. The maximum atomic E-state index is 5.50. The predicted octanol–water partition coefficient (Wildman–Crippen LogP) is 2.84. The fourth-order valence-corrected chi connectivity index (χ4v) is 2.88. The summed E-state index contributed by atoms with van der Waals surface area (Å²) in [4.78, 5) is 6.89. The van der Waals surface area contributed by atoms with Crippen molar-refractivity contribution in [3.63, 3.8) is 0 Å². The number of guanidine groups is 1. The lowest BCUT2D eigenvalue weighted by Crippen LogP contribution is -2.38. The van der Waals surface area contributed by atoms with Crippen LogP contribution in [0.2, 0.25) is 0 Å². The molecule has 1 aliphatic heterocycles. The van der Waals surface area contributed by atoms with Crippen molar-refractivity contribution in [2.24, 2.45) is 4.99 Å². The quantitative estimate of drug-likeness (QED) is 0.438. The first-order valence-electron chi connectivity index (χ1n) is 9.14. The van der Waals surface area contributed by atoms with E-state index in [0.29, 0.717) is 6.54 Å². The molecule has 0 atom stereocenters. The molecule has 0 unspecified atom stereocenters. The van der Waals surface area contributed by atoms with Crippen molar-refractivity contribution in [1.82, 2.24) is 10.2 Å².